The van der Waals surface area contributed by atoms with E-state index in [1.807, 2.05) is 57.5 Å². The lowest BCUT2D eigenvalue weighted by atomic mass is 9.98. The molecule has 1 unspecified atom stereocenters. The van der Waals surface area contributed by atoms with Crippen molar-refractivity contribution in [2.24, 2.45) is 13.0 Å². The number of amides is 1. The van der Waals surface area contributed by atoms with Gasteiger partial charge in [-0.2, -0.15) is 5.10 Å². The van der Waals surface area contributed by atoms with Gasteiger partial charge in [0.2, 0.25) is 5.91 Å². The van der Waals surface area contributed by atoms with Gasteiger partial charge in [0.15, 0.2) is 0 Å². The Hall–Kier alpha value is -3.22. The number of hydrogen-bond donors (Lipinski definition) is 1. The maximum Gasteiger partial charge on any atom is 0.254 e. The number of carbonyl (C=O) groups is 1. The normalized spacial score (nSPS) is 16.0. The lowest BCUT2D eigenvalue weighted by Gasteiger charge is -2.22. The van der Waals surface area contributed by atoms with E-state index in [1.165, 1.54) is 0 Å². The highest BCUT2D eigenvalue weighted by Crippen LogP contribution is 2.25. The van der Waals surface area contributed by atoms with E-state index in [0.29, 0.717) is 38.1 Å². The summed E-state index contributed by atoms with van der Waals surface area (Å²) >= 11 is 0. The van der Waals surface area contributed by atoms with Crippen LogP contribution in [0.3, 0.4) is 0 Å². The molecule has 1 aliphatic rings. The van der Waals surface area contributed by atoms with Crippen LogP contribution >= 0.6 is 0 Å². The summed E-state index contributed by atoms with van der Waals surface area (Å²) in [5, 5.41) is 4.35. The van der Waals surface area contributed by atoms with Crippen molar-refractivity contribution in [3.63, 3.8) is 0 Å². The summed E-state index contributed by atoms with van der Waals surface area (Å²) in [6, 6.07) is 9.65. The molecule has 7 heteroatoms. The molecule has 7 nitrogen and oxygen atoms in total. The first-order valence-corrected chi connectivity index (χ1v) is 10.3. The van der Waals surface area contributed by atoms with E-state index >= 15 is 0 Å². The van der Waals surface area contributed by atoms with Crippen LogP contribution < -0.4 is 5.56 Å². The van der Waals surface area contributed by atoms with Crippen molar-refractivity contribution < 1.29 is 4.79 Å². The molecule has 1 amide bonds. The van der Waals surface area contributed by atoms with Gasteiger partial charge in [0.25, 0.3) is 5.56 Å². The van der Waals surface area contributed by atoms with Gasteiger partial charge in [-0.3, -0.25) is 14.3 Å². The molecule has 2 aromatic heterocycles. The highest BCUT2D eigenvalue weighted by molar-refractivity contribution is 5.78. The zero-order chi connectivity index (χ0) is 21.3. The van der Waals surface area contributed by atoms with E-state index in [2.05, 4.69) is 10.1 Å². The summed E-state index contributed by atoms with van der Waals surface area (Å²) < 4.78 is 1.77. The van der Waals surface area contributed by atoms with Gasteiger partial charge in [0.05, 0.1) is 11.4 Å². The summed E-state index contributed by atoms with van der Waals surface area (Å²) in [6.45, 7) is 2.50. The molecule has 30 heavy (non-hydrogen) atoms. The zero-order valence-electron chi connectivity index (χ0n) is 17.7. The number of rotatable bonds is 4. The van der Waals surface area contributed by atoms with E-state index in [0.717, 1.165) is 28.1 Å². The van der Waals surface area contributed by atoms with Crippen molar-refractivity contribution in [2.75, 3.05) is 7.05 Å². The van der Waals surface area contributed by atoms with Crippen molar-refractivity contribution in [3.05, 3.63) is 69.4 Å². The topological polar surface area (TPSA) is 83.9 Å². The van der Waals surface area contributed by atoms with Crippen LogP contribution in [-0.2, 0) is 31.2 Å². The molecule has 0 saturated carbocycles. The molecule has 156 valence electrons. The fraction of sp³-hybridized carbons (Fsp3) is 0.391. The van der Waals surface area contributed by atoms with E-state index in [1.54, 1.807) is 9.58 Å². The van der Waals surface area contributed by atoms with Crippen molar-refractivity contribution in [3.8, 4) is 11.4 Å². The molecule has 4 rings (SSSR count). The molecule has 0 radical (unpaired) electrons. The van der Waals surface area contributed by atoms with Crippen LogP contribution in [0.2, 0.25) is 0 Å². The summed E-state index contributed by atoms with van der Waals surface area (Å²) in [6.07, 6.45) is 4.53. The van der Waals surface area contributed by atoms with Crippen LogP contribution in [0.25, 0.3) is 11.4 Å². The highest BCUT2D eigenvalue weighted by atomic mass is 16.2. The third kappa shape index (κ3) is 4.06. The molecular weight excluding hydrogens is 378 g/mol. The number of fused-ring (bicyclic) bond motifs is 1. The largest absolute Gasteiger partial charge is 0.341 e. The van der Waals surface area contributed by atoms with Crippen molar-refractivity contribution >= 4 is 5.91 Å². The summed E-state index contributed by atoms with van der Waals surface area (Å²) in [7, 11) is 3.72. The minimum atomic E-state index is -0.110. The number of hydrogen-bond acceptors (Lipinski definition) is 4. The lowest BCUT2D eigenvalue weighted by Crippen LogP contribution is -2.33. The van der Waals surface area contributed by atoms with Crippen LogP contribution in [0.1, 0.15) is 35.4 Å². The second-order valence-corrected chi connectivity index (χ2v) is 8.09. The Morgan fingerprint density at radius 3 is 2.67 bits per heavy atom. The Morgan fingerprint density at radius 2 is 1.97 bits per heavy atom. The van der Waals surface area contributed by atoms with E-state index in [-0.39, 0.29) is 17.4 Å². The molecule has 1 aliphatic carbocycles. The third-order valence-electron chi connectivity index (χ3n) is 5.87. The van der Waals surface area contributed by atoms with Gasteiger partial charge in [0, 0.05) is 49.4 Å². The average Bonchev–Trinajstić information content (AvgIpc) is 2.92. The molecule has 2 heterocycles. The first-order valence-electron chi connectivity index (χ1n) is 10.3. The molecule has 0 spiro atoms. The quantitative estimate of drug-likeness (QED) is 0.677. The van der Waals surface area contributed by atoms with Gasteiger partial charge in [-0.25, -0.2) is 4.98 Å². The highest BCUT2D eigenvalue weighted by Gasteiger charge is 2.27. The van der Waals surface area contributed by atoms with Gasteiger partial charge in [-0.15, -0.1) is 0 Å². The number of aromatic nitrogens is 4. The summed E-state index contributed by atoms with van der Waals surface area (Å²) in [4.78, 5) is 35.2. The van der Waals surface area contributed by atoms with Crippen LogP contribution in [0.4, 0.5) is 0 Å². The molecule has 3 aromatic rings. The van der Waals surface area contributed by atoms with Gasteiger partial charge >= 0.3 is 0 Å². The van der Waals surface area contributed by atoms with E-state index in [4.69, 9.17) is 4.98 Å². The fourth-order valence-electron chi connectivity index (χ4n) is 4.21. The molecule has 1 aromatic carbocycles. The standard InChI is InChI=1S/C23H27N5O2/c1-15-18(14-28(3)26-15)13-27(2)23(30)17-9-11-19-20(12-10-17)24-21(25-22(19)29)16-7-5-4-6-8-16/h4-8,14,17H,9-13H2,1-3H3,(H,24,25,29). The fourth-order valence-corrected chi connectivity index (χ4v) is 4.21. The first-order chi connectivity index (χ1) is 14.4. The first kappa shape index (κ1) is 20.1. The van der Waals surface area contributed by atoms with Crippen LogP contribution in [0.5, 0.6) is 0 Å². The molecule has 0 fully saturated rings. The Kier molecular flexibility index (Phi) is 5.53. The minimum absolute atomic E-state index is 0.0914. The number of aryl methyl sites for hydroxylation is 3. The van der Waals surface area contributed by atoms with Gasteiger partial charge in [-0.1, -0.05) is 30.3 Å². The van der Waals surface area contributed by atoms with Crippen molar-refractivity contribution in [1.29, 1.82) is 0 Å². The molecule has 0 saturated heterocycles. The second-order valence-electron chi connectivity index (χ2n) is 8.09. The SMILES string of the molecule is Cc1nn(C)cc1CN(C)C(=O)C1CCc2nc(-c3ccccc3)[nH]c(=O)c2CC1. The van der Waals surface area contributed by atoms with Gasteiger partial charge in [-0.05, 0) is 32.6 Å². The van der Waals surface area contributed by atoms with Gasteiger partial charge in [0.1, 0.15) is 5.82 Å². The Morgan fingerprint density at radius 1 is 1.23 bits per heavy atom. The number of nitrogens with zero attached hydrogens (tertiary/aromatic N) is 4. The Balaban J connectivity index is 1.50. The van der Waals surface area contributed by atoms with E-state index in [9.17, 15) is 9.59 Å². The smallest absolute Gasteiger partial charge is 0.254 e. The number of carbonyl (C=O) groups excluding carboxylic acids is 1. The molecule has 1 N–H and O–H groups in total. The summed E-state index contributed by atoms with van der Waals surface area (Å²) in [5.41, 5.74) is 4.33. The van der Waals surface area contributed by atoms with Crippen LogP contribution in [-0.4, -0.2) is 37.6 Å². The molecule has 0 aliphatic heterocycles. The maximum absolute atomic E-state index is 13.1. The molecule has 1 atom stereocenters. The number of H-pyrrole nitrogens is 1. The predicted molar refractivity (Wildman–Crippen MR) is 115 cm³/mol. The van der Waals surface area contributed by atoms with Gasteiger partial charge < -0.3 is 9.88 Å². The Labute approximate surface area is 175 Å². The van der Waals surface area contributed by atoms with Crippen molar-refractivity contribution in [2.45, 2.75) is 39.2 Å². The number of nitrogens with one attached hydrogen (secondary N) is 1. The number of aromatic amines is 1. The monoisotopic (exact) mass is 405 g/mol. The molecular formula is C23H27N5O2. The number of benzene rings is 1. The van der Waals surface area contributed by atoms with Crippen LogP contribution in [0.15, 0.2) is 41.3 Å². The van der Waals surface area contributed by atoms with E-state index < -0.39 is 0 Å². The predicted octanol–water partition coefficient (Wildman–Crippen LogP) is 2.63. The third-order valence-corrected chi connectivity index (χ3v) is 5.87. The average molecular weight is 406 g/mol. The van der Waals surface area contributed by atoms with Crippen molar-refractivity contribution in [1.82, 2.24) is 24.6 Å². The second kappa shape index (κ2) is 8.26. The Bertz CT molecular complexity index is 1120. The lowest BCUT2D eigenvalue weighted by molar-refractivity contribution is -0.135. The summed E-state index contributed by atoms with van der Waals surface area (Å²) in [5.74, 6) is 0.597. The zero-order valence-corrected chi connectivity index (χ0v) is 17.7. The minimum Gasteiger partial charge on any atom is -0.341 e. The molecule has 0 bridgehead atoms. The maximum atomic E-state index is 13.1. The van der Waals surface area contributed by atoms with Crippen LogP contribution in [0, 0.1) is 12.8 Å².